The molecule has 1 aliphatic carbocycles. The summed E-state index contributed by atoms with van der Waals surface area (Å²) in [5, 5.41) is 28.6. The van der Waals surface area contributed by atoms with Gasteiger partial charge in [0.25, 0.3) is 0 Å². The highest BCUT2D eigenvalue weighted by Crippen LogP contribution is 2.40. The minimum atomic E-state index is -0.748. The Hall–Kier alpha value is -0.850. The van der Waals surface area contributed by atoms with Gasteiger partial charge >= 0.3 is 5.97 Å². The molecular weight excluding hydrogens is 412 g/mol. The first kappa shape index (κ1) is 28.2. The topological polar surface area (TPSA) is 94.8 Å². The normalized spacial score (nSPS) is 23.5. The summed E-state index contributed by atoms with van der Waals surface area (Å²) in [7, 11) is 0. The Morgan fingerprint density at radius 1 is 1.19 bits per heavy atom. The second-order valence-electron chi connectivity index (χ2n) is 9.04. The molecule has 1 rings (SSSR count). The number of aliphatic hydroxyl groups is 2. The minimum absolute atomic E-state index is 0.00559. The van der Waals surface area contributed by atoms with Crippen molar-refractivity contribution in [1.82, 2.24) is 0 Å². The molecule has 1 saturated carbocycles. The fourth-order valence-electron chi connectivity index (χ4n) is 4.46. The second-order valence-corrected chi connectivity index (χ2v) is 10.4. The van der Waals surface area contributed by atoms with E-state index in [1.165, 1.54) is 12.8 Å². The summed E-state index contributed by atoms with van der Waals surface area (Å²) in [6.07, 6.45) is 14.2. The molecule has 0 spiro atoms. The summed E-state index contributed by atoms with van der Waals surface area (Å²) >= 11 is 1.68. The molecule has 0 amide bonds. The van der Waals surface area contributed by atoms with Gasteiger partial charge < -0.3 is 15.3 Å². The van der Waals surface area contributed by atoms with Gasteiger partial charge in [-0.1, -0.05) is 64.5 Å². The van der Waals surface area contributed by atoms with Gasteiger partial charge in [-0.2, -0.15) is 11.8 Å². The molecule has 31 heavy (non-hydrogen) atoms. The molecule has 0 radical (unpaired) electrons. The van der Waals surface area contributed by atoms with Crippen molar-refractivity contribution in [3.8, 4) is 0 Å². The number of carbonyl (C=O) groups is 2. The monoisotopic (exact) mass is 456 g/mol. The molecule has 2 unspecified atom stereocenters. The molecule has 1 aliphatic rings. The SMILES string of the molecule is CCCCCC(C)C(O)CC=C[C@H]1[C@H](SCCO)CC(=O)[C@@H]1CCCCCCC(=O)O. The van der Waals surface area contributed by atoms with E-state index in [-0.39, 0.29) is 42.1 Å². The van der Waals surface area contributed by atoms with E-state index in [0.717, 1.165) is 38.5 Å². The van der Waals surface area contributed by atoms with Crippen molar-refractivity contribution in [2.75, 3.05) is 12.4 Å². The van der Waals surface area contributed by atoms with Crippen LogP contribution in [0.4, 0.5) is 0 Å². The van der Waals surface area contributed by atoms with Crippen LogP contribution in [0.3, 0.4) is 0 Å². The lowest BCUT2D eigenvalue weighted by atomic mass is 9.88. The van der Waals surface area contributed by atoms with Crippen molar-refractivity contribution in [3.63, 3.8) is 0 Å². The van der Waals surface area contributed by atoms with Crippen LogP contribution in [0.5, 0.6) is 0 Å². The van der Waals surface area contributed by atoms with Crippen LogP contribution >= 0.6 is 11.8 Å². The highest BCUT2D eigenvalue weighted by atomic mass is 32.2. The van der Waals surface area contributed by atoms with Gasteiger partial charge in [-0.15, -0.1) is 0 Å². The predicted octanol–water partition coefficient (Wildman–Crippen LogP) is 5.23. The lowest BCUT2D eigenvalue weighted by Crippen LogP contribution is -2.19. The van der Waals surface area contributed by atoms with Gasteiger partial charge in [0, 0.05) is 29.8 Å². The number of ketones is 1. The fourth-order valence-corrected chi connectivity index (χ4v) is 5.65. The molecule has 0 saturated heterocycles. The van der Waals surface area contributed by atoms with E-state index in [0.29, 0.717) is 30.8 Å². The number of thioether (sulfide) groups is 1. The zero-order valence-corrected chi connectivity index (χ0v) is 20.3. The average molecular weight is 457 g/mol. The molecular formula is C25H44O5S. The minimum Gasteiger partial charge on any atom is -0.481 e. The number of aliphatic carboxylic acids is 1. The summed E-state index contributed by atoms with van der Waals surface area (Å²) in [5.41, 5.74) is 0. The van der Waals surface area contributed by atoms with Crippen molar-refractivity contribution in [2.24, 2.45) is 17.8 Å². The molecule has 180 valence electrons. The van der Waals surface area contributed by atoms with Gasteiger partial charge in [-0.25, -0.2) is 0 Å². The van der Waals surface area contributed by atoms with E-state index in [1.807, 2.05) is 0 Å². The third kappa shape index (κ3) is 11.5. The zero-order chi connectivity index (χ0) is 23.1. The van der Waals surface area contributed by atoms with Gasteiger partial charge in [0.05, 0.1) is 12.7 Å². The molecule has 3 N–H and O–H groups in total. The number of carboxylic acid groups (broad SMARTS) is 1. The Morgan fingerprint density at radius 2 is 1.94 bits per heavy atom. The van der Waals surface area contributed by atoms with Crippen LogP contribution in [0.15, 0.2) is 12.2 Å². The van der Waals surface area contributed by atoms with Crippen LogP contribution in [0.25, 0.3) is 0 Å². The van der Waals surface area contributed by atoms with Crippen LogP contribution in [-0.4, -0.2) is 50.8 Å². The molecule has 0 heterocycles. The van der Waals surface area contributed by atoms with Crippen LogP contribution in [0.1, 0.15) is 90.9 Å². The van der Waals surface area contributed by atoms with Crippen LogP contribution in [-0.2, 0) is 9.59 Å². The Labute approximate surface area is 193 Å². The van der Waals surface area contributed by atoms with Crippen molar-refractivity contribution in [1.29, 1.82) is 0 Å². The number of unbranched alkanes of at least 4 members (excludes halogenated alkanes) is 5. The van der Waals surface area contributed by atoms with Crippen LogP contribution < -0.4 is 0 Å². The lowest BCUT2D eigenvalue weighted by molar-refractivity contribution is -0.137. The molecule has 0 aromatic carbocycles. The van der Waals surface area contributed by atoms with Crippen LogP contribution in [0, 0.1) is 17.8 Å². The summed E-state index contributed by atoms with van der Waals surface area (Å²) < 4.78 is 0. The quantitative estimate of drug-likeness (QED) is 0.193. The van der Waals surface area contributed by atoms with E-state index in [2.05, 4.69) is 26.0 Å². The summed E-state index contributed by atoms with van der Waals surface area (Å²) in [5.74, 6) is 0.645. The van der Waals surface area contributed by atoms with Gasteiger partial charge in [0.15, 0.2) is 0 Å². The Kier molecular flexibility index (Phi) is 15.2. The number of Topliss-reactive ketones (excluding diaryl/α,β-unsaturated/α-hetero) is 1. The van der Waals surface area contributed by atoms with Gasteiger partial charge in [-0.3, -0.25) is 9.59 Å². The molecule has 0 aromatic heterocycles. The molecule has 1 fully saturated rings. The molecule has 0 aliphatic heterocycles. The summed E-state index contributed by atoms with van der Waals surface area (Å²) in [6.45, 7) is 4.42. The van der Waals surface area contributed by atoms with Crippen molar-refractivity contribution in [2.45, 2.75) is 102 Å². The Bertz CT molecular complexity index is 536. The van der Waals surface area contributed by atoms with E-state index in [4.69, 9.17) is 5.11 Å². The highest BCUT2D eigenvalue weighted by molar-refractivity contribution is 8.00. The molecule has 0 bridgehead atoms. The van der Waals surface area contributed by atoms with Gasteiger partial charge in [0.2, 0.25) is 0 Å². The van der Waals surface area contributed by atoms with Crippen molar-refractivity contribution >= 4 is 23.5 Å². The first-order valence-electron chi connectivity index (χ1n) is 12.2. The van der Waals surface area contributed by atoms with Gasteiger partial charge in [-0.05, 0) is 37.5 Å². The predicted molar refractivity (Wildman–Crippen MR) is 128 cm³/mol. The van der Waals surface area contributed by atoms with E-state index >= 15 is 0 Å². The Morgan fingerprint density at radius 3 is 2.61 bits per heavy atom. The summed E-state index contributed by atoms with van der Waals surface area (Å²) in [6, 6.07) is 0. The Balaban J connectivity index is 2.57. The van der Waals surface area contributed by atoms with E-state index < -0.39 is 5.97 Å². The number of aliphatic hydroxyl groups excluding tert-OH is 2. The number of rotatable bonds is 18. The lowest BCUT2D eigenvalue weighted by Gasteiger charge is -2.21. The van der Waals surface area contributed by atoms with Gasteiger partial charge in [0.1, 0.15) is 5.78 Å². The molecule has 6 heteroatoms. The van der Waals surface area contributed by atoms with Crippen LogP contribution in [0.2, 0.25) is 0 Å². The van der Waals surface area contributed by atoms with Crippen molar-refractivity contribution in [3.05, 3.63) is 12.2 Å². The number of hydrogen-bond donors (Lipinski definition) is 3. The first-order chi connectivity index (χ1) is 14.9. The maximum Gasteiger partial charge on any atom is 0.303 e. The van der Waals surface area contributed by atoms with E-state index in [9.17, 15) is 19.8 Å². The molecule has 5 atom stereocenters. The largest absolute Gasteiger partial charge is 0.481 e. The maximum absolute atomic E-state index is 12.7. The number of carboxylic acids is 1. The molecule has 0 aromatic rings. The summed E-state index contributed by atoms with van der Waals surface area (Å²) in [4.78, 5) is 23.3. The van der Waals surface area contributed by atoms with E-state index in [1.54, 1.807) is 11.8 Å². The smallest absolute Gasteiger partial charge is 0.303 e. The number of carbonyl (C=O) groups excluding carboxylic acids is 1. The molecule has 5 nitrogen and oxygen atoms in total. The van der Waals surface area contributed by atoms with Crippen molar-refractivity contribution < 1.29 is 24.9 Å². The second kappa shape index (κ2) is 16.7. The number of allylic oxidation sites excluding steroid dienone is 1. The highest BCUT2D eigenvalue weighted by Gasteiger charge is 2.40. The first-order valence-corrected chi connectivity index (χ1v) is 13.3. The fraction of sp³-hybridized carbons (Fsp3) is 0.840. The third-order valence-corrected chi connectivity index (χ3v) is 7.77. The standard InChI is InChI=1S/C25H44O5S/c1-3-4-7-11-19(2)22(27)14-10-13-21-20(12-8-5-6-9-15-25(29)30)23(28)18-24(21)31-17-16-26/h10,13,19-22,24,26-27H,3-9,11-12,14-18H2,1-2H3,(H,29,30)/t19?,20-,21-,22?,24-/m1/s1. The zero-order valence-electron chi connectivity index (χ0n) is 19.5. The third-order valence-electron chi connectivity index (χ3n) is 6.44. The number of hydrogen-bond acceptors (Lipinski definition) is 5. The maximum atomic E-state index is 12.7. The average Bonchev–Trinajstić information content (AvgIpc) is 3.03.